The molecule has 0 radical (unpaired) electrons. The predicted molar refractivity (Wildman–Crippen MR) is 104 cm³/mol. The van der Waals surface area contributed by atoms with Crippen LogP contribution < -0.4 is 0 Å². The van der Waals surface area contributed by atoms with Gasteiger partial charge in [0.05, 0.1) is 0 Å². The molecule has 0 aliphatic heterocycles. The molecule has 2 aromatic rings. The third-order valence-electron chi connectivity index (χ3n) is 3.74. The molecule has 0 saturated carbocycles. The number of halogens is 2. The zero-order valence-electron chi connectivity index (χ0n) is 13.8. The fourth-order valence-corrected chi connectivity index (χ4v) is 3.41. The molecule has 0 unspecified atom stereocenters. The van der Waals surface area contributed by atoms with Crippen molar-refractivity contribution in [3.63, 3.8) is 0 Å². The number of hydrogen-bond donors (Lipinski definition) is 0. The van der Waals surface area contributed by atoms with E-state index in [1.807, 2.05) is 47.4 Å². The third-order valence-corrected chi connectivity index (χ3v) is 5.61. The normalized spacial score (nSPS) is 11.1. The molecule has 0 aliphatic rings. The van der Waals surface area contributed by atoms with Crippen molar-refractivity contribution in [2.45, 2.75) is 39.8 Å². The van der Waals surface area contributed by atoms with Crippen molar-refractivity contribution in [3.8, 4) is 11.1 Å². The van der Waals surface area contributed by atoms with E-state index in [2.05, 4.69) is 59.6 Å². The largest absolute Gasteiger partial charge is 0.334 e. The maximum atomic E-state index is 13.1. The maximum absolute atomic E-state index is 13.1. The van der Waals surface area contributed by atoms with Crippen LogP contribution in [-0.2, 0) is 0 Å². The van der Waals surface area contributed by atoms with Crippen LogP contribution in [0.1, 0.15) is 38.1 Å². The van der Waals surface area contributed by atoms with Gasteiger partial charge in [-0.25, -0.2) is 0 Å². The van der Waals surface area contributed by atoms with Gasteiger partial charge in [0.25, 0.3) is 5.91 Å². The smallest absolute Gasteiger partial charge is 0.254 e. The van der Waals surface area contributed by atoms with Crippen LogP contribution in [0.5, 0.6) is 0 Å². The highest BCUT2D eigenvalue weighted by atomic mass is 79.9. The quantitative estimate of drug-likeness (QED) is 0.561. The average Bonchev–Trinajstić information content (AvgIpc) is 2.49. The molecule has 0 aromatic heterocycles. The Kier molecular flexibility index (Phi) is 6.04. The molecule has 0 fully saturated rings. The minimum Gasteiger partial charge on any atom is -0.334 e. The Labute approximate surface area is 155 Å². The average molecular weight is 439 g/mol. The van der Waals surface area contributed by atoms with Gasteiger partial charge in [-0.1, -0.05) is 24.3 Å². The summed E-state index contributed by atoms with van der Waals surface area (Å²) in [5.41, 5.74) is 2.72. The molecular formula is C19H21Br2NO. The van der Waals surface area contributed by atoms with Gasteiger partial charge in [-0.05, 0) is 88.9 Å². The van der Waals surface area contributed by atoms with Crippen molar-refractivity contribution in [1.82, 2.24) is 4.90 Å². The van der Waals surface area contributed by atoms with E-state index in [1.54, 1.807) is 0 Å². The van der Waals surface area contributed by atoms with E-state index in [9.17, 15) is 4.79 Å². The second kappa shape index (κ2) is 7.63. The summed E-state index contributed by atoms with van der Waals surface area (Å²) in [6, 6.07) is 14.2. The number of rotatable bonds is 4. The summed E-state index contributed by atoms with van der Waals surface area (Å²) >= 11 is 7.03. The zero-order valence-corrected chi connectivity index (χ0v) is 17.0. The first-order chi connectivity index (χ1) is 10.8. The molecule has 2 rings (SSSR count). The van der Waals surface area contributed by atoms with Gasteiger partial charge >= 0.3 is 0 Å². The van der Waals surface area contributed by atoms with Crippen LogP contribution in [0.3, 0.4) is 0 Å². The third kappa shape index (κ3) is 4.04. The van der Waals surface area contributed by atoms with Crippen molar-refractivity contribution in [2.75, 3.05) is 0 Å². The fourth-order valence-electron chi connectivity index (χ4n) is 2.79. The van der Waals surface area contributed by atoms with Crippen LogP contribution in [-0.4, -0.2) is 22.9 Å². The number of nitrogens with zero attached hydrogens (tertiary/aromatic N) is 1. The zero-order chi connectivity index (χ0) is 17.1. The van der Waals surface area contributed by atoms with Crippen LogP contribution >= 0.6 is 31.9 Å². The Balaban J connectivity index is 2.52. The van der Waals surface area contributed by atoms with Gasteiger partial charge in [0.15, 0.2) is 0 Å². The van der Waals surface area contributed by atoms with E-state index < -0.39 is 0 Å². The van der Waals surface area contributed by atoms with Gasteiger partial charge in [-0.3, -0.25) is 4.79 Å². The topological polar surface area (TPSA) is 20.3 Å². The predicted octanol–water partition coefficient (Wildman–Crippen LogP) is 6.14. The van der Waals surface area contributed by atoms with Crippen LogP contribution in [0.4, 0.5) is 0 Å². The van der Waals surface area contributed by atoms with Crippen LogP contribution in [0, 0.1) is 0 Å². The second-order valence-corrected chi connectivity index (χ2v) is 7.78. The van der Waals surface area contributed by atoms with Gasteiger partial charge in [-0.2, -0.15) is 0 Å². The lowest BCUT2D eigenvalue weighted by Crippen LogP contribution is -2.42. The van der Waals surface area contributed by atoms with E-state index in [4.69, 9.17) is 0 Å². The lowest BCUT2D eigenvalue weighted by Gasteiger charge is -2.31. The summed E-state index contributed by atoms with van der Waals surface area (Å²) in [6.07, 6.45) is 0. The molecule has 2 nitrogen and oxygen atoms in total. The standard InChI is InChI=1S/C19H21Br2NO/c1-12(2)22(13(3)4)19(23)16-8-6-5-7-15(16)14-9-10-17(20)18(21)11-14/h5-13H,1-4H3. The second-order valence-electron chi connectivity index (χ2n) is 6.07. The van der Waals surface area contributed by atoms with E-state index in [0.29, 0.717) is 0 Å². The molecule has 122 valence electrons. The maximum Gasteiger partial charge on any atom is 0.254 e. The molecule has 0 saturated heterocycles. The summed E-state index contributed by atoms with van der Waals surface area (Å²) < 4.78 is 1.97. The highest BCUT2D eigenvalue weighted by Crippen LogP contribution is 2.31. The Morgan fingerprint density at radius 2 is 1.52 bits per heavy atom. The van der Waals surface area contributed by atoms with Crippen LogP contribution in [0.15, 0.2) is 51.4 Å². The van der Waals surface area contributed by atoms with Gasteiger partial charge < -0.3 is 4.90 Å². The molecule has 23 heavy (non-hydrogen) atoms. The van der Waals surface area contributed by atoms with Gasteiger partial charge in [-0.15, -0.1) is 0 Å². The number of carbonyl (C=O) groups excluding carboxylic acids is 1. The number of amides is 1. The summed E-state index contributed by atoms with van der Waals surface area (Å²) in [6.45, 7) is 8.21. The molecule has 1 amide bonds. The molecule has 0 aliphatic carbocycles. The van der Waals surface area contributed by atoms with E-state index in [0.717, 1.165) is 25.6 Å². The van der Waals surface area contributed by atoms with Crippen molar-refractivity contribution in [3.05, 3.63) is 57.0 Å². The van der Waals surface area contributed by atoms with E-state index in [-0.39, 0.29) is 18.0 Å². The SMILES string of the molecule is CC(C)N(C(=O)c1ccccc1-c1ccc(Br)c(Br)c1)C(C)C. The number of hydrogen-bond acceptors (Lipinski definition) is 1. The summed E-state index contributed by atoms with van der Waals surface area (Å²) in [5, 5.41) is 0. The summed E-state index contributed by atoms with van der Waals surface area (Å²) in [5.74, 6) is 0.0737. The molecule has 2 aromatic carbocycles. The number of benzene rings is 2. The lowest BCUT2D eigenvalue weighted by atomic mass is 9.98. The van der Waals surface area contributed by atoms with Crippen LogP contribution in [0.2, 0.25) is 0 Å². The minimum absolute atomic E-state index is 0.0737. The van der Waals surface area contributed by atoms with E-state index >= 15 is 0 Å². The molecule has 0 heterocycles. The Hall–Kier alpha value is -1.13. The molecule has 0 atom stereocenters. The Morgan fingerprint density at radius 1 is 0.913 bits per heavy atom. The van der Waals surface area contributed by atoms with Gasteiger partial charge in [0, 0.05) is 26.6 Å². The summed E-state index contributed by atoms with van der Waals surface area (Å²) in [7, 11) is 0. The fraction of sp³-hybridized carbons (Fsp3) is 0.316. The van der Waals surface area contributed by atoms with Gasteiger partial charge in [0.2, 0.25) is 0 Å². The van der Waals surface area contributed by atoms with Crippen molar-refractivity contribution in [1.29, 1.82) is 0 Å². The highest BCUT2D eigenvalue weighted by molar-refractivity contribution is 9.13. The first kappa shape index (κ1) is 18.2. The van der Waals surface area contributed by atoms with Gasteiger partial charge in [0.1, 0.15) is 0 Å². The summed E-state index contributed by atoms with van der Waals surface area (Å²) in [4.78, 5) is 15.0. The van der Waals surface area contributed by atoms with Crippen molar-refractivity contribution in [2.24, 2.45) is 0 Å². The Morgan fingerprint density at radius 3 is 2.09 bits per heavy atom. The first-order valence-corrected chi connectivity index (χ1v) is 9.28. The Bertz CT molecular complexity index is 702. The lowest BCUT2D eigenvalue weighted by molar-refractivity contribution is 0.0644. The molecule has 0 bridgehead atoms. The first-order valence-electron chi connectivity index (χ1n) is 7.70. The highest BCUT2D eigenvalue weighted by Gasteiger charge is 2.23. The van der Waals surface area contributed by atoms with Crippen molar-refractivity contribution < 1.29 is 4.79 Å². The monoisotopic (exact) mass is 437 g/mol. The van der Waals surface area contributed by atoms with E-state index in [1.165, 1.54) is 0 Å². The molecule has 4 heteroatoms. The molecule has 0 spiro atoms. The minimum atomic E-state index is 0.0737. The van der Waals surface area contributed by atoms with Crippen LogP contribution in [0.25, 0.3) is 11.1 Å². The molecular weight excluding hydrogens is 418 g/mol. The van der Waals surface area contributed by atoms with Crippen molar-refractivity contribution >= 4 is 37.8 Å². The molecule has 0 N–H and O–H groups in total. The number of carbonyl (C=O) groups is 1.